The first-order valence-corrected chi connectivity index (χ1v) is 9.23. The number of hydrogen-bond donors (Lipinski definition) is 1. The molecule has 1 aliphatic heterocycles. The molecule has 3 nitrogen and oxygen atoms in total. The van der Waals surface area contributed by atoms with Crippen LogP contribution >= 0.6 is 23.2 Å². The largest absolute Gasteiger partial charge is 0.354 e. The Balaban J connectivity index is 1.90. The first kappa shape index (κ1) is 18.0. The van der Waals surface area contributed by atoms with E-state index in [2.05, 4.69) is 17.2 Å². The van der Waals surface area contributed by atoms with E-state index >= 15 is 0 Å². The Kier molecular flexibility index (Phi) is 5.77. The van der Waals surface area contributed by atoms with Crippen molar-refractivity contribution in [2.75, 3.05) is 6.54 Å². The molecule has 0 radical (unpaired) electrons. The second-order valence-electron chi connectivity index (χ2n) is 6.11. The molecule has 1 heterocycles. The lowest BCUT2D eigenvalue weighted by Crippen LogP contribution is -2.47. The van der Waals surface area contributed by atoms with E-state index in [0.717, 1.165) is 29.7 Å². The highest BCUT2D eigenvalue weighted by atomic mass is 35.5. The Morgan fingerprint density at radius 2 is 1.84 bits per heavy atom. The van der Waals surface area contributed by atoms with Crippen LogP contribution in [-0.4, -0.2) is 24.2 Å². The van der Waals surface area contributed by atoms with Gasteiger partial charge in [-0.15, -0.1) is 0 Å². The van der Waals surface area contributed by atoms with E-state index in [-0.39, 0.29) is 11.8 Å². The van der Waals surface area contributed by atoms with Crippen molar-refractivity contribution in [2.45, 2.75) is 31.7 Å². The minimum atomic E-state index is -0.427. The van der Waals surface area contributed by atoms with Crippen molar-refractivity contribution in [1.29, 1.82) is 0 Å². The van der Waals surface area contributed by atoms with Crippen LogP contribution in [0.5, 0.6) is 0 Å². The topological polar surface area (TPSA) is 41.5 Å². The third kappa shape index (κ3) is 3.88. The van der Waals surface area contributed by atoms with Crippen molar-refractivity contribution in [3.8, 4) is 0 Å². The molecular weight excluding hydrogens is 355 g/mol. The number of hydrogen-bond acceptors (Lipinski definition) is 2. The molecule has 1 aliphatic rings. The van der Waals surface area contributed by atoms with Crippen molar-refractivity contribution in [3.05, 3.63) is 69.7 Å². The molecule has 0 spiro atoms. The second kappa shape index (κ2) is 8.03. The summed E-state index contributed by atoms with van der Waals surface area (Å²) in [7, 11) is 0. The lowest BCUT2D eigenvalue weighted by atomic mass is 9.78. The molecular formula is C20H20Cl2N2O. The normalized spacial score (nSPS) is 19.1. The molecule has 130 valence electrons. The Hall–Kier alpha value is -1.84. The van der Waals surface area contributed by atoms with Gasteiger partial charge in [0.25, 0.3) is 0 Å². The Morgan fingerprint density at radius 1 is 1.12 bits per heavy atom. The van der Waals surface area contributed by atoms with Gasteiger partial charge in [0.1, 0.15) is 6.04 Å². The number of aliphatic imine (C=N–C) groups is 1. The number of amides is 1. The van der Waals surface area contributed by atoms with Gasteiger partial charge in [-0.25, -0.2) is 0 Å². The van der Waals surface area contributed by atoms with Gasteiger partial charge >= 0.3 is 0 Å². The monoisotopic (exact) mass is 374 g/mol. The average Bonchev–Trinajstić information content (AvgIpc) is 2.58. The molecule has 1 amide bonds. The first-order chi connectivity index (χ1) is 12.1. The second-order valence-corrected chi connectivity index (χ2v) is 6.96. The number of unbranched alkanes of at least 4 members (excludes halogenated alkanes) is 1. The van der Waals surface area contributed by atoms with Crippen LogP contribution in [-0.2, 0) is 4.79 Å². The number of halogens is 2. The molecule has 0 fully saturated rings. The fourth-order valence-corrected chi connectivity index (χ4v) is 3.35. The summed E-state index contributed by atoms with van der Waals surface area (Å²) in [4.78, 5) is 17.1. The maximum atomic E-state index is 12.5. The zero-order chi connectivity index (χ0) is 17.8. The molecule has 25 heavy (non-hydrogen) atoms. The van der Waals surface area contributed by atoms with Crippen molar-refractivity contribution in [1.82, 2.24) is 5.32 Å². The van der Waals surface area contributed by atoms with Crippen LogP contribution in [0.1, 0.15) is 36.8 Å². The lowest BCUT2D eigenvalue weighted by Gasteiger charge is -2.35. The van der Waals surface area contributed by atoms with Crippen LogP contribution in [0, 0.1) is 0 Å². The fourth-order valence-electron chi connectivity index (χ4n) is 2.99. The summed E-state index contributed by atoms with van der Waals surface area (Å²) in [5, 5.41) is 4.29. The van der Waals surface area contributed by atoms with Gasteiger partial charge in [-0.2, -0.15) is 0 Å². The number of nitrogens with zero attached hydrogens (tertiary/aromatic N) is 1. The highest BCUT2D eigenvalue weighted by Crippen LogP contribution is 2.37. The molecule has 0 saturated carbocycles. The summed E-state index contributed by atoms with van der Waals surface area (Å²) in [6.45, 7) is 2.77. The van der Waals surface area contributed by atoms with Gasteiger partial charge in [0, 0.05) is 22.2 Å². The zero-order valence-corrected chi connectivity index (χ0v) is 15.5. The number of carbonyl (C=O) groups is 1. The van der Waals surface area contributed by atoms with E-state index in [1.54, 1.807) is 0 Å². The van der Waals surface area contributed by atoms with Crippen LogP contribution in [0.25, 0.3) is 0 Å². The Bertz CT molecular complexity index is 787. The third-order valence-corrected chi connectivity index (χ3v) is 4.95. The molecule has 0 saturated heterocycles. The minimum Gasteiger partial charge on any atom is -0.354 e. The maximum absolute atomic E-state index is 12.5. The SMILES string of the molecule is CCCCNC(=O)[C@H]1N=C(c2ccccc2Cl)[C@@H]1c1ccc(Cl)cc1. The van der Waals surface area contributed by atoms with E-state index < -0.39 is 6.04 Å². The predicted octanol–water partition coefficient (Wildman–Crippen LogP) is 4.86. The van der Waals surface area contributed by atoms with Crippen molar-refractivity contribution in [3.63, 3.8) is 0 Å². The summed E-state index contributed by atoms with van der Waals surface area (Å²) < 4.78 is 0. The van der Waals surface area contributed by atoms with Crippen molar-refractivity contribution in [2.24, 2.45) is 4.99 Å². The van der Waals surface area contributed by atoms with E-state index in [0.29, 0.717) is 16.6 Å². The molecule has 0 aliphatic carbocycles. The summed E-state index contributed by atoms with van der Waals surface area (Å²) in [6, 6.07) is 14.7. The molecule has 1 N–H and O–H groups in total. The molecule has 0 aromatic heterocycles. The van der Waals surface area contributed by atoms with E-state index in [9.17, 15) is 4.79 Å². The van der Waals surface area contributed by atoms with Gasteiger partial charge in [-0.3, -0.25) is 9.79 Å². The average molecular weight is 375 g/mol. The van der Waals surface area contributed by atoms with Gasteiger partial charge in [0.05, 0.1) is 11.6 Å². The maximum Gasteiger partial charge on any atom is 0.245 e. The molecule has 0 unspecified atom stereocenters. The lowest BCUT2D eigenvalue weighted by molar-refractivity contribution is -0.122. The van der Waals surface area contributed by atoms with Gasteiger partial charge in [0.2, 0.25) is 5.91 Å². The van der Waals surface area contributed by atoms with Crippen LogP contribution in [0.15, 0.2) is 53.5 Å². The van der Waals surface area contributed by atoms with Gasteiger partial charge in [-0.1, -0.05) is 66.9 Å². The number of rotatable bonds is 6. The van der Waals surface area contributed by atoms with Crippen LogP contribution in [0.2, 0.25) is 10.0 Å². The van der Waals surface area contributed by atoms with Crippen LogP contribution in [0.3, 0.4) is 0 Å². The van der Waals surface area contributed by atoms with E-state index in [1.807, 2.05) is 48.5 Å². The Labute approximate surface area is 158 Å². The highest BCUT2D eigenvalue weighted by molar-refractivity contribution is 6.35. The molecule has 5 heteroatoms. The smallest absolute Gasteiger partial charge is 0.245 e. The number of nitrogens with one attached hydrogen (secondary N) is 1. The zero-order valence-electron chi connectivity index (χ0n) is 14.0. The van der Waals surface area contributed by atoms with Crippen LogP contribution < -0.4 is 5.32 Å². The molecule has 3 rings (SSSR count). The fraction of sp³-hybridized carbons (Fsp3) is 0.300. The standard InChI is InChI=1S/C20H20Cl2N2O/c1-2-3-12-23-20(25)19-17(13-8-10-14(21)11-9-13)18(24-19)15-6-4-5-7-16(15)22/h4-11,17,19H,2-3,12H2,1H3,(H,23,25)/t17-,19-/m0/s1. The summed E-state index contributed by atoms with van der Waals surface area (Å²) >= 11 is 12.3. The number of carbonyl (C=O) groups excluding carboxylic acids is 1. The minimum absolute atomic E-state index is 0.0378. The van der Waals surface area contributed by atoms with E-state index in [1.165, 1.54) is 0 Å². The highest BCUT2D eigenvalue weighted by Gasteiger charge is 2.41. The molecule has 2 aromatic carbocycles. The van der Waals surface area contributed by atoms with Crippen LogP contribution in [0.4, 0.5) is 0 Å². The van der Waals surface area contributed by atoms with Gasteiger partial charge in [0.15, 0.2) is 0 Å². The quantitative estimate of drug-likeness (QED) is 0.720. The molecule has 0 bridgehead atoms. The van der Waals surface area contributed by atoms with Gasteiger partial charge in [-0.05, 0) is 30.2 Å². The van der Waals surface area contributed by atoms with Crippen molar-refractivity contribution >= 4 is 34.8 Å². The summed E-state index contributed by atoms with van der Waals surface area (Å²) in [6.07, 6.45) is 2.00. The van der Waals surface area contributed by atoms with E-state index in [4.69, 9.17) is 23.2 Å². The molecule has 2 atom stereocenters. The van der Waals surface area contributed by atoms with Gasteiger partial charge < -0.3 is 5.32 Å². The summed E-state index contributed by atoms with van der Waals surface area (Å²) in [5.41, 5.74) is 2.75. The Morgan fingerprint density at radius 3 is 2.52 bits per heavy atom. The summed E-state index contributed by atoms with van der Waals surface area (Å²) in [5.74, 6) is -0.150. The predicted molar refractivity (Wildman–Crippen MR) is 104 cm³/mol. The number of benzene rings is 2. The van der Waals surface area contributed by atoms with Crippen molar-refractivity contribution < 1.29 is 4.79 Å². The molecule has 2 aromatic rings. The third-order valence-electron chi connectivity index (χ3n) is 4.37. The first-order valence-electron chi connectivity index (χ1n) is 8.47.